The molecule has 4 nitrogen and oxygen atoms in total. The number of amides is 1. The smallest absolute Gasteiger partial charge is 0.416 e. The number of hydrogen-bond acceptors (Lipinski definition) is 3. The number of rotatable bonds is 3. The lowest BCUT2D eigenvalue weighted by atomic mass is 10.2. The van der Waals surface area contributed by atoms with E-state index in [1.54, 1.807) is 0 Å². The minimum absolute atomic E-state index is 0.174. The zero-order valence-electron chi connectivity index (χ0n) is 8.62. The van der Waals surface area contributed by atoms with Crippen molar-refractivity contribution in [3.05, 3.63) is 29.8 Å². The van der Waals surface area contributed by atoms with Gasteiger partial charge in [0, 0.05) is 5.69 Å². The summed E-state index contributed by atoms with van der Waals surface area (Å²) in [6, 6.07) is 3.93. The molecule has 7 heteroatoms. The molecule has 0 aliphatic carbocycles. The lowest BCUT2D eigenvalue weighted by molar-refractivity contribution is -0.137. The van der Waals surface area contributed by atoms with Crippen molar-refractivity contribution < 1.29 is 27.8 Å². The fraction of sp³-hybridized carbons (Fsp3) is 0.300. The van der Waals surface area contributed by atoms with Crippen LogP contribution in [-0.4, -0.2) is 24.4 Å². The Bertz CT molecular complexity index is 375. The molecule has 0 radical (unpaired) electrons. The number of carbonyl (C=O) groups is 1. The standard InChI is InChI=1S/C10H10F3NO3/c11-10(12,13)7-1-3-8(4-2-7)14-9(16)17-6-5-15/h1-4,15H,5-6H2,(H,14,16). The first-order valence-electron chi connectivity index (χ1n) is 4.65. The second kappa shape index (κ2) is 5.53. The van der Waals surface area contributed by atoms with E-state index < -0.39 is 17.8 Å². The first-order chi connectivity index (χ1) is 7.93. The average Bonchev–Trinajstić information content (AvgIpc) is 2.26. The zero-order valence-corrected chi connectivity index (χ0v) is 8.62. The maximum absolute atomic E-state index is 12.2. The van der Waals surface area contributed by atoms with E-state index in [1.165, 1.54) is 0 Å². The van der Waals surface area contributed by atoms with Crippen LogP contribution in [0.2, 0.25) is 0 Å². The number of anilines is 1. The highest BCUT2D eigenvalue weighted by molar-refractivity contribution is 5.84. The number of carbonyl (C=O) groups excluding carboxylic acids is 1. The zero-order chi connectivity index (χ0) is 12.9. The minimum atomic E-state index is -4.41. The first-order valence-corrected chi connectivity index (χ1v) is 4.65. The molecule has 1 rings (SSSR count). The molecule has 1 amide bonds. The fourth-order valence-corrected chi connectivity index (χ4v) is 1.03. The third-order valence-electron chi connectivity index (χ3n) is 1.78. The van der Waals surface area contributed by atoms with Gasteiger partial charge in [-0.1, -0.05) is 0 Å². The van der Waals surface area contributed by atoms with Gasteiger partial charge >= 0.3 is 12.3 Å². The summed E-state index contributed by atoms with van der Waals surface area (Å²) in [7, 11) is 0. The van der Waals surface area contributed by atoms with Gasteiger partial charge in [-0.25, -0.2) is 4.79 Å². The van der Waals surface area contributed by atoms with Gasteiger partial charge in [0.25, 0.3) is 0 Å². The molecule has 0 aliphatic rings. The molecule has 0 spiro atoms. The summed E-state index contributed by atoms with van der Waals surface area (Å²) < 4.78 is 41.1. The molecule has 0 heterocycles. The highest BCUT2D eigenvalue weighted by Gasteiger charge is 2.29. The Morgan fingerprint density at radius 1 is 1.29 bits per heavy atom. The molecular weight excluding hydrogens is 239 g/mol. The van der Waals surface area contributed by atoms with Gasteiger partial charge in [-0.15, -0.1) is 0 Å². The molecule has 2 N–H and O–H groups in total. The van der Waals surface area contributed by atoms with Crippen molar-refractivity contribution in [2.24, 2.45) is 0 Å². The van der Waals surface area contributed by atoms with Gasteiger partial charge in [0.05, 0.1) is 12.2 Å². The Morgan fingerprint density at radius 2 is 1.88 bits per heavy atom. The van der Waals surface area contributed by atoms with Crippen molar-refractivity contribution in [2.75, 3.05) is 18.5 Å². The molecular formula is C10H10F3NO3. The van der Waals surface area contributed by atoms with Gasteiger partial charge in [-0.05, 0) is 24.3 Å². The van der Waals surface area contributed by atoms with E-state index in [9.17, 15) is 18.0 Å². The van der Waals surface area contributed by atoms with E-state index >= 15 is 0 Å². The topological polar surface area (TPSA) is 58.6 Å². The maximum atomic E-state index is 12.2. The lowest BCUT2D eigenvalue weighted by Crippen LogP contribution is -2.15. The van der Waals surface area contributed by atoms with Crippen LogP contribution in [0.15, 0.2) is 24.3 Å². The van der Waals surface area contributed by atoms with E-state index in [4.69, 9.17) is 5.11 Å². The summed E-state index contributed by atoms with van der Waals surface area (Å²) >= 11 is 0. The minimum Gasteiger partial charge on any atom is -0.447 e. The summed E-state index contributed by atoms with van der Waals surface area (Å²) in [6.45, 7) is -0.493. The molecule has 0 saturated heterocycles. The Hall–Kier alpha value is -1.76. The van der Waals surface area contributed by atoms with E-state index in [1.807, 2.05) is 0 Å². The van der Waals surface area contributed by atoms with Gasteiger partial charge in [-0.2, -0.15) is 13.2 Å². The van der Waals surface area contributed by atoms with Gasteiger partial charge in [0.1, 0.15) is 6.61 Å². The van der Waals surface area contributed by atoms with Crippen molar-refractivity contribution in [1.29, 1.82) is 0 Å². The van der Waals surface area contributed by atoms with Crippen LogP contribution in [0.4, 0.5) is 23.7 Å². The quantitative estimate of drug-likeness (QED) is 0.863. The first kappa shape index (κ1) is 13.3. The number of aliphatic hydroxyl groups is 1. The fourth-order valence-electron chi connectivity index (χ4n) is 1.03. The second-order valence-corrected chi connectivity index (χ2v) is 3.06. The predicted octanol–water partition coefficient (Wildman–Crippen LogP) is 2.25. The van der Waals surface area contributed by atoms with Crippen LogP contribution in [0.3, 0.4) is 0 Å². The van der Waals surface area contributed by atoms with Gasteiger partial charge in [0.15, 0.2) is 0 Å². The molecule has 0 aliphatic heterocycles. The predicted molar refractivity (Wildman–Crippen MR) is 53.5 cm³/mol. The molecule has 0 aromatic heterocycles. The molecule has 1 aromatic rings. The monoisotopic (exact) mass is 249 g/mol. The highest BCUT2D eigenvalue weighted by atomic mass is 19.4. The summed E-state index contributed by atoms with van der Waals surface area (Å²) in [4.78, 5) is 11.0. The number of aliphatic hydroxyl groups excluding tert-OH is 1. The molecule has 94 valence electrons. The molecule has 0 saturated carbocycles. The van der Waals surface area contributed by atoms with Crippen LogP contribution >= 0.6 is 0 Å². The second-order valence-electron chi connectivity index (χ2n) is 3.06. The van der Waals surface area contributed by atoms with Crippen LogP contribution in [0, 0.1) is 0 Å². The number of hydrogen-bond donors (Lipinski definition) is 2. The summed E-state index contributed by atoms with van der Waals surface area (Å²) in [5.41, 5.74) is -0.618. The van der Waals surface area contributed by atoms with Crippen molar-refractivity contribution in [2.45, 2.75) is 6.18 Å². The largest absolute Gasteiger partial charge is 0.447 e. The number of nitrogens with one attached hydrogen (secondary N) is 1. The summed E-state index contributed by atoms with van der Waals surface area (Å²) in [6.07, 6.45) is -5.24. The van der Waals surface area contributed by atoms with E-state index in [0.29, 0.717) is 0 Å². The van der Waals surface area contributed by atoms with Crippen LogP contribution in [-0.2, 0) is 10.9 Å². The third kappa shape index (κ3) is 4.31. The van der Waals surface area contributed by atoms with Crippen LogP contribution in [0.5, 0.6) is 0 Å². The van der Waals surface area contributed by atoms with Crippen molar-refractivity contribution in [3.8, 4) is 0 Å². The number of benzene rings is 1. The van der Waals surface area contributed by atoms with Crippen molar-refractivity contribution in [1.82, 2.24) is 0 Å². The molecule has 17 heavy (non-hydrogen) atoms. The van der Waals surface area contributed by atoms with Crippen LogP contribution < -0.4 is 5.32 Å². The number of alkyl halides is 3. The molecule has 0 fully saturated rings. The Labute approximate surface area is 95.0 Å². The summed E-state index contributed by atoms with van der Waals surface area (Å²) in [5.74, 6) is 0. The van der Waals surface area contributed by atoms with Crippen LogP contribution in [0.25, 0.3) is 0 Å². The van der Waals surface area contributed by atoms with Gasteiger partial charge < -0.3 is 9.84 Å². The van der Waals surface area contributed by atoms with E-state index in [2.05, 4.69) is 10.1 Å². The Morgan fingerprint density at radius 3 is 2.35 bits per heavy atom. The van der Waals surface area contributed by atoms with Gasteiger partial charge in [-0.3, -0.25) is 5.32 Å². The highest BCUT2D eigenvalue weighted by Crippen LogP contribution is 2.29. The summed E-state index contributed by atoms with van der Waals surface area (Å²) in [5, 5.41) is 10.6. The average molecular weight is 249 g/mol. The number of ether oxygens (including phenoxy) is 1. The molecule has 1 aromatic carbocycles. The normalized spacial score (nSPS) is 11.1. The van der Waals surface area contributed by atoms with E-state index in [-0.39, 0.29) is 18.9 Å². The third-order valence-corrected chi connectivity index (χ3v) is 1.78. The lowest BCUT2D eigenvalue weighted by Gasteiger charge is -2.08. The SMILES string of the molecule is O=C(Nc1ccc(C(F)(F)F)cc1)OCCO. The molecule has 0 unspecified atom stereocenters. The Kier molecular flexibility index (Phi) is 4.33. The molecule has 0 atom stereocenters. The number of halogens is 3. The van der Waals surface area contributed by atoms with Crippen LogP contribution in [0.1, 0.15) is 5.56 Å². The van der Waals surface area contributed by atoms with Crippen molar-refractivity contribution >= 4 is 11.8 Å². The van der Waals surface area contributed by atoms with Gasteiger partial charge in [0.2, 0.25) is 0 Å². The van der Waals surface area contributed by atoms with E-state index in [0.717, 1.165) is 24.3 Å². The van der Waals surface area contributed by atoms with Crippen molar-refractivity contribution in [3.63, 3.8) is 0 Å². The Balaban J connectivity index is 2.60. The molecule has 0 bridgehead atoms. The maximum Gasteiger partial charge on any atom is 0.416 e.